The van der Waals surface area contributed by atoms with E-state index in [1.807, 2.05) is 24.3 Å². The van der Waals surface area contributed by atoms with Gasteiger partial charge < -0.3 is 4.74 Å². The zero-order valence-corrected chi connectivity index (χ0v) is 11.1. The standard InChI is InChI=1S/C13H9Cl3O/c14-10-3-1-9(2-4-10)8-17-13-6-5-11(15)7-12(13)16/h1-7H,8H2. The van der Waals surface area contributed by atoms with E-state index in [1.165, 1.54) is 0 Å². The topological polar surface area (TPSA) is 9.23 Å². The van der Waals surface area contributed by atoms with Crippen molar-refractivity contribution < 1.29 is 4.74 Å². The molecule has 0 fully saturated rings. The van der Waals surface area contributed by atoms with Gasteiger partial charge in [0.2, 0.25) is 0 Å². The zero-order valence-electron chi connectivity index (χ0n) is 8.79. The molecule has 0 aromatic heterocycles. The van der Waals surface area contributed by atoms with Crippen molar-refractivity contribution in [2.24, 2.45) is 0 Å². The molecule has 0 heterocycles. The van der Waals surface area contributed by atoms with Crippen LogP contribution in [0.4, 0.5) is 0 Å². The maximum Gasteiger partial charge on any atom is 0.138 e. The fourth-order valence-electron chi connectivity index (χ4n) is 1.33. The summed E-state index contributed by atoms with van der Waals surface area (Å²) in [5.74, 6) is 0.617. The summed E-state index contributed by atoms with van der Waals surface area (Å²) in [5.41, 5.74) is 1.03. The monoisotopic (exact) mass is 286 g/mol. The first-order chi connectivity index (χ1) is 8.15. The van der Waals surface area contributed by atoms with Crippen molar-refractivity contribution in [1.82, 2.24) is 0 Å². The van der Waals surface area contributed by atoms with Crippen molar-refractivity contribution in [3.63, 3.8) is 0 Å². The van der Waals surface area contributed by atoms with Gasteiger partial charge in [-0.05, 0) is 35.9 Å². The van der Waals surface area contributed by atoms with Crippen molar-refractivity contribution in [3.8, 4) is 5.75 Å². The predicted octanol–water partition coefficient (Wildman–Crippen LogP) is 5.23. The largest absolute Gasteiger partial charge is 0.487 e. The van der Waals surface area contributed by atoms with E-state index in [-0.39, 0.29) is 0 Å². The lowest BCUT2D eigenvalue weighted by molar-refractivity contribution is 0.306. The molecule has 17 heavy (non-hydrogen) atoms. The normalized spacial score (nSPS) is 10.3. The molecule has 0 atom stereocenters. The zero-order chi connectivity index (χ0) is 12.3. The number of rotatable bonds is 3. The molecule has 88 valence electrons. The van der Waals surface area contributed by atoms with Crippen LogP contribution in [-0.2, 0) is 6.61 Å². The molecule has 0 amide bonds. The SMILES string of the molecule is Clc1ccc(COc2ccc(Cl)cc2Cl)cc1. The third-order valence-corrected chi connectivity index (χ3v) is 2.98. The Hall–Kier alpha value is -0.890. The summed E-state index contributed by atoms with van der Waals surface area (Å²) >= 11 is 17.6. The fraction of sp³-hybridized carbons (Fsp3) is 0.0769. The van der Waals surface area contributed by atoms with E-state index in [2.05, 4.69) is 0 Å². The molecule has 0 saturated heterocycles. The molecule has 1 nitrogen and oxygen atoms in total. The van der Waals surface area contributed by atoms with Crippen LogP contribution in [0.2, 0.25) is 15.1 Å². The van der Waals surface area contributed by atoms with Gasteiger partial charge in [0.1, 0.15) is 12.4 Å². The summed E-state index contributed by atoms with van der Waals surface area (Å²) in [6, 6.07) is 12.6. The molecule has 0 aliphatic heterocycles. The molecule has 0 aliphatic rings. The lowest BCUT2D eigenvalue weighted by Gasteiger charge is -2.08. The third-order valence-electron chi connectivity index (χ3n) is 2.20. The van der Waals surface area contributed by atoms with Gasteiger partial charge >= 0.3 is 0 Å². The van der Waals surface area contributed by atoms with E-state index in [1.54, 1.807) is 18.2 Å². The number of halogens is 3. The second-order valence-corrected chi connectivity index (χ2v) is 4.77. The third kappa shape index (κ3) is 3.53. The fourth-order valence-corrected chi connectivity index (χ4v) is 1.92. The summed E-state index contributed by atoms with van der Waals surface area (Å²) in [4.78, 5) is 0. The molecule has 0 saturated carbocycles. The molecule has 0 bridgehead atoms. The van der Waals surface area contributed by atoms with Crippen LogP contribution in [0.5, 0.6) is 5.75 Å². The minimum atomic E-state index is 0.443. The van der Waals surface area contributed by atoms with Crippen molar-refractivity contribution in [2.75, 3.05) is 0 Å². The Bertz CT molecular complexity index is 509. The molecule has 0 radical (unpaired) electrons. The summed E-state index contributed by atoms with van der Waals surface area (Å²) in [6.45, 7) is 0.443. The smallest absolute Gasteiger partial charge is 0.138 e. The van der Waals surface area contributed by atoms with Gasteiger partial charge in [-0.1, -0.05) is 46.9 Å². The van der Waals surface area contributed by atoms with E-state index in [9.17, 15) is 0 Å². The Balaban J connectivity index is 2.04. The molecule has 2 aromatic rings. The number of hydrogen-bond donors (Lipinski definition) is 0. The number of ether oxygens (including phenoxy) is 1. The molecule has 4 heteroatoms. The first-order valence-electron chi connectivity index (χ1n) is 4.97. The Morgan fingerprint density at radius 1 is 0.824 bits per heavy atom. The highest BCUT2D eigenvalue weighted by Crippen LogP contribution is 2.28. The highest BCUT2D eigenvalue weighted by Gasteiger charge is 2.02. The Morgan fingerprint density at radius 3 is 2.12 bits per heavy atom. The molecular formula is C13H9Cl3O. The van der Waals surface area contributed by atoms with Gasteiger partial charge in [-0.3, -0.25) is 0 Å². The summed E-state index contributed by atoms with van der Waals surface area (Å²) in [7, 11) is 0. The predicted molar refractivity (Wildman–Crippen MR) is 72.2 cm³/mol. The highest BCUT2D eigenvalue weighted by molar-refractivity contribution is 6.35. The van der Waals surface area contributed by atoms with Crippen LogP contribution < -0.4 is 4.74 Å². The average molecular weight is 288 g/mol. The second-order valence-electron chi connectivity index (χ2n) is 3.49. The van der Waals surface area contributed by atoms with Crippen LogP contribution in [0.3, 0.4) is 0 Å². The van der Waals surface area contributed by atoms with E-state index >= 15 is 0 Å². The van der Waals surface area contributed by atoms with Gasteiger partial charge in [-0.25, -0.2) is 0 Å². The molecule has 0 spiro atoms. The Labute approximate surface area is 115 Å². The van der Waals surface area contributed by atoms with E-state index in [4.69, 9.17) is 39.5 Å². The Morgan fingerprint density at radius 2 is 1.47 bits per heavy atom. The number of benzene rings is 2. The van der Waals surface area contributed by atoms with Crippen LogP contribution in [0.1, 0.15) is 5.56 Å². The summed E-state index contributed by atoms with van der Waals surface area (Å²) in [5, 5.41) is 1.80. The van der Waals surface area contributed by atoms with E-state index in [0.29, 0.717) is 27.4 Å². The first-order valence-corrected chi connectivity index (χ1v) is 6.11. The summed E-state index contributed by atoms with van der Waals surface area (Å²) < 4.78 is 5.58. The van der Waals surface area contributed by atoms with Gasteiger partial charge in [0, 0.05) is 10.0 Å². The molecule has 2 rings (SSSR count). The van der Waals surface area contributed by atoms with Crippen molar-refractivity contribution in [1.29, 1.82) is 0 Å². The van der Waals surface area contributed by atoms with E-state index < -0.39 is 0 Å². The van der Waals surface area contributed by atoms with Crippen LogP contribution in [0, 0.1) is 0 Å². The maximum absolute atomic E-state index is 5.99. The minimum absolute atomic E-state index is 0.443. The van der Waals surface area contributed by atoms with Crippen LogP contribution in [0.25, 0.3) is 0 Å². The molecule has 2 aromatic carbocycles. The van der Waals surface area contributed by atoms with Gasteiger partial charge in [0.25, 0.3) is 0 Å². The Kier molecular flexibility index (Phi) is 4.16. The van der Waals surface area contributed by atoms with E-state index in [0.717, 1.165) is 5.56 Å². The highest BCUT2D eigenvalue weighted by atomic mass is 35.5. The quantitative estimate of drug-likeness (QED) is 0.751. The minimum Gasteiger partial charge on any atom is -0.487 e. The summed E-state index contributed by atoms with van der Waals surface area (Å²) in [6.07, 6.45) is 0. The first kappa shape index (κ1) is 12.6. The van der Waals surface area contributed by atoms with Gasteiger partial charge in [-0.2, -0.15) is 0 Å². The average Bonchev–Trinajstić information content (AvgIpc) is 2.30. The molecule has 0 aliphatic carbocycles. The van der Waals surface area contributed by atoms with Crippen molar-refractivity contribution in [2.45, 2.75) is 6.61 Å². The van der Waals surface area contributed by atoms with Gasteiger partial charge in [-0.15, -0.1) is 0 Å². The second kappa shape index (κ2) is 5.63. The lowest BCUT2D eigenvalue weighted by atomic mass is 10.2. The van der Waals surface area contributed by atoms with Crippen LogP contribution in [-0.4, -0.2) is 0 Å². The maximum atomic E-state index is 5.99. The molecular weight excluding hydrogens is 279 g/mol. The number of hydrogen-bond acceptors (Lipinski definition) is 1. The van der Waals surface area contributed by atoms with Crippen LogP contribution in [0.15, 0.2) is 42.5 Å². The lowest BCUT2D eigenvalue weighted by Crippen LogP contribution is -1.95. The van der Waals surface area contributed by atoms with Crippen molar-refractivity contribution in [3.05, 3.63) is 63.1 Å². The van der Waals surface area contributed by atoms with Crippen molar-refractivity contribution >= 4 is 34.8 Å². The molecule has 0 unspecified atom stereocenters. The van der Waals surface area contributed by atoms with Gasteiger partial charge in [0.15, 0.2) is 0 Å². The van der Waals surface area contributed by atoms with Crippen LogP contribution >= 0.6 is 34.8 Å². The van der Waals surface area contributed by atoms with Gasteiger partial charge in [0.05, 0.1) is 5.02 Å². The molecule has 0 N–H and O–H groups in total.